The number of hydrogen-bond acceptors (Lipinski definition) is 8. The number of nitrogens with one attached hydrogen (secondary N) is 2. The largest absolute Gasteiger partial charge is 0.481 e. The monoisotopic (exact) mass is 659 g/mol. The molecule has 0 radical (unpaired) electrons. The van der Waals surface area contributed by atoms with Crippen molar-refractivity contribution >= 4 is 40.8 Å². The van der Waals surface area contributed by atoms with Gasteiger partial charge in [-0.15, -0.1) is 10.2 Å². The second-order valence-electron chi connectivity index (χ2n) is 11.8. The van der Waals surface area contributed by atoms with Gasteiger partial charge in [-0.2, -0.15) is 5.21 Å². The summed E-state index contributed by atoms with van der Waals surface area (Å²) >= 11 is 14.0. The Kier molecular flexibility index (Phi) is 7.87. The summed E-state index contributed by atoms with van der Waals surface area (Å²) in [6.45, 7) is 1.90. The first-order valence-corrected chi connectivity index (χ1v) is 15.6. The number of anilines is 1. The van der Waals surface area contributed by atoms with Gasteiger partial charge in [-0.1, -0.05) is 58.7 Å². The van der Waals surface area contributed by atoms with Crippen LogP contribution in [0, 0.1) is 0 Å². The lowest BCUT2D eigenvalue weighted by atomic mass is 9.94. The number of halogens is 2. The van der Waals surface area contributed by atoms with Crippen LogP contribution in [0.25, 0.3) is 22.4 Å². The molecule has 0 bridgehead atoms. The van der Waals surface area contributed by atoms with Gasteiger partial charge in [-0.25, -0.2) is 9.78 Å². The first kappa shape index (κ1) is 30.2. The lowest BCUT2D eigenvalue weighted by Crippen LogP contribution is -2.46. The minimum absolute atomic E-state index is 0.187. The Labute approximate surface area is 275 Å². The summed E-state index contributed by atoms with van der Waals surface area (Å²) in [5.41, 5.74) is 6.00. The number of benzene rings is 2. The predicted molar refractivity (Wildman–Crippen MR) is 174 cm³/mol. The van der Waals surface area contributed by atoms with Gasteiger partial charge in [-0.05, 0) is 30.5 Å². The number of carbonyl (C=O) groups excluding carboxylic acids is 2. The first-order chi connectivity index (χ1) is 22.2. The number of fused-ring (bicyclic) bond motifs is 1. The molecular weight excluding hydrogens is 629 g/mol. The summed E-state index contributed by atoms with van der Waals surface area (Å²) < 4.78 is 5.85. The van der Waals surface area contributed by atoms with E-state index in [4.69, 9.17) is 32.9 Å². The number of nitrogens with zero attached hydrogens (tertiary/aromatic N) is 7. The summed E-state index contributed by atoms with van der Waals surface area (Å²) in [6.07, 6.45) is 3.40. The van der Waals surface area contributed by atoms with Crippen molar-refractivity contribution in [1.82, 2.24) is 40.3 Å². The van der Waals surface area contributed by atoms with Crippen LogP contribution >= 0.6 is 23.2 Å². The number of methoxy groups -OCH3 is 1. The van der Waals surface area contributed by atoms with Crippen LogP contribution in [0.3, 0.4) is 0 Å². The van der Waals surface area contributed by atoms with Crippen LogP contribution in [0.4, 0.5) is 10.5 Å². The number of amides is 3. The van der Waals surface area contributed by atoms with E-state index in [0.29, 0.717) is 44.0 Å². The fourth-order valence-electron chi connectivity index (χ4n) is 6.54. The maximum atomic E-state index is 13.1. The number of pyridine rings is 1. The van der Waals surface area contributed by atoms with Crippen molar-refractivity contribution in [2.75, 3.05) is 46.2 Å². The molecule has 4 heterocycles. The van der Waals surface area contributed by atoms with E-state index >= 15 is 0 Å². The van der Waals surface area contributed by atoms with Crippen LogP contribution in [-0.2, 0) is 11.2 Å². The Morgan fingerprint density at radius 1 is 1.07 bits per heavy atom. The average molecular weight is 661 g/mol. The number of aromatic amines is 1. The molecule has 3 aliphatic rings. The summed E-state index contributed by atoms with van der Waals surface area (Å²) in [5.74, 6) is 1.26. The number of ether oxygens (including phenoxy) is 1. The Morgan fingerprint density at radius 3 is 2.52 bits per heavy atom. The molecule has 46 heavy (non-hydrogen) atoms. The molecule has 12 nitrogen and oxygen atoms in total. The fourth-order valence-corrected chi connectivity index (χ4v) is 7.14. The van der Waals surface area contributed by atoms with Gasteiger partial charge in [0.15, 0.2) is 5.82 Å². The molecule has 0 saturated carbocycles. The molecule has 4 aromatic rings. The van der Waals surface area contributed by atoms with Crippen LogP contribution in [0.1, 0.15) is 35.3 Å². The third-order valence-electron chi connectivity index (χ3n) is 8.89. The van der Waals surface area contributed by atoms with Crippen molar-refractivity contribution in [3.63, 3.8) is 0 Å². The van der Waals surface area contributed by atoms with E-state index in [1.54, 1.807) is 27.3 Å². The number of likely N-dealkylation sites (tertiary alicyclic amines) is 1. The molecule has 2 N–H and O–H groups in total. The van der Waals surface area contributed by atoms with Crippen molar-refractivity contribution in [2.24, 2.45) is 0 Å². The zero-order valence-corrected chi connectivity index (χ0v) is 26.9. The number of likely N-dealkylation sites (N-methyl/N-ethyl adjacent to an activating group) is 1. The van der Waals surface area contributed by atoms with Crippen molar-refractivity contribution in [3.8, 4) is 28.3 Å². The molecule has 0 spiro atoms. The lowest BCUT2D eigenvalue weighted by molar-refractivity contribution is -0.113. The van der Waals surface area contributed by atoms with E-state index in [-0.39, 0.29) is 30.4 Å². The van der Waals surface area contributed by atoms with E-state index in [2.05, 4.69) is 36.9 Å². The predicted octanol–water partition coefficient (Wildman–Crippen LogP) is 5.15. The zero-order chi connectivity index (χ0) is 32.1. The van der Waals surface area contributed by atoms with E-state index < -0.39 is 0 Å². The van der Waals surface area contributed by atoms with E-state index in [9.17, 15) is 9.59 Å². The van der Waals surface area contributed by atoms with Gasteiger partial charge in [0, 0.05) is 67.6 Å². The number of aryl methyl sites for hydroxylation is 1. The van der Waals surface area contributed by atoms with E-state index in [1.807, 2.05) is 30.3 Å². The normalized spacial score (nSPS) is 18.3. The molecule has 2 aromatic heterocycles. The van der Waals surface area contributed by atoms with Crippen LogP contribution in [-0.4, -0.2) is 93.1 Å². The van der Waals surface area contributed by atoms with Crippen LogP contribution in [0.2, 0.25) is 10.0 Å². The van der Waals surface area contributed by atoms with Crippen molar-refractivity contribution in [3.05, 3.63) is 81.2 Å². The highest BCUT2D eigenvalue weighted by Crippen LogP contribution is 2.47. The van der Waals surface area contributed by atoms with Gasteiger partial charge in [0.05, 0.1) is 40.7 Å². The van der Waals surface area contributed by atoms with Gasteiger partial charge in [-0.3, -0.25) is 9.69 Å². The second-order valence-corrected chi connectivity index (χ2v) is 12.5. The smallest absolute Gasteiger partial charge is 0.323 e. The molecule has 1 aliphatic carbocycles. The van der Waals surface area contributed by atoms with Crippen molar-refractivity contribution < 1.29 is 14.3 Å². The van der Waals surface area contributed by atoms with Gasteiger partial charge < -0.3 is 19.9 Å². The highest BCUT2D eigenvalue weighted by Gasteiger charge is 2.41. The summed E-state index contributed by atoms with van der Waals surface area (Å²) in [4.78, 5) is 35.4. The van der Waals surface area contributed by atoms with Gasteiger partial charge in [0.1, 0.15) is 0 Å². The zero-order valence-electron chi connectivity index (χ0n) is 25.4. The van der Waals surface area contributed by atoms with Crippen LogP contribution in [0.15, 0.2) is 54.2 Å². The summed E-state index contributed by atoms with van der Waals surface area (Å²) in [5, 5.41) is 18.2. The molecular formula is C32H31Cl2N9O3. The third kappa shape index (κ3) is 5.25. The maximum absolute atomic E-state index is 13.1. The number of carbonyl (C=O) groups is 2. The standard InChI is InChI=1S/C32H31Cl2N9O3/c1-41-13-19(14-42(2)32(41)45)30(44)35-23-9-5-7-21(28(23)34)20-6-4-8-22(27(20)33)24-12-17-10-11-25(26(17)31(36-24)46-3)43-15-18(16-43)29-37-39-40-38-29/h4-9,12-13,18,25H,10-11,14-16H2,1-3H3,(H,35,44)(H,37,38,39,40). The van der Waals surface area contributed by atoms with Crippen LogP contribution in [0.5, 0.6) is 5.88 Å². The molecule has 2 aromatic carbocycles. The summed E-state index contributed by atoms with van der Waals surface area (Å²) in [6, 6.07) is 13.3. The molecule has 236 valence electrons. The number of H-pyrrole nitrogens is 1. The Hall–Kier alpha value is -4.52. The van der Waals surface area contributed by atoms with E-state index in [1.165, 1.54) is 21.6 Å². The number of hydrogen-bond donors (Lipinski definition) is 2. The number of tetrazole rings is 1. The molecule has 1 unspecified atom stereocenters. The van der Waals surface area contributed by atoms with Crippen molar-refractivity contribution in [2.45, 2.75) is 24.8 Å². The molecule has 2 aliphatic heterocycles. The molecule has 1 fully saturated rings. The number of rotatable bonds is 7. The molecule has 1 saturated heterocycles. The maximum Gasteiger partial charge on any atom is 0.323 e. The lowest BCUT2D eigenvalue weighted by Gasteiger charge is -2.42. The highest BCUT2D eigenvalue weighted by molar-refractivity contribution is 6.39. The number of urea groups is 1. The summed E-state index contributed by atoms with van der Waals surface area (Å²) in [7, 11) is 4.90. The Bertz CT molecular complexity index is 1870. The van der Waals surface area contributed by atoms with Crippen molar-refractivity contribution in [1.29, 1.82) is 0 Å². The van der Waals surface area contributed by atoms with E-state index in [0.717, 1.165) is 42.9 Å². The Morgan fingerprint density at radius 2 is 1.80 bits per heavy atom. The fraction of sp³-hybridized carbons (Fsp3) is 0.312. The van der Waals surface area contributed by atoms with Crippen LogP contribution < -0.4 is 10.1 Å². The highest BCUT2D eigenvalue weighted by atomic mass is 35.5. The first-order valence-electron chi connectivity index (χ1n) is 14.9. The second kappa shape index (κ2) is 12.0. The quantitative estimate of drug-likeness (QED) is 0.278. The minimum atomic E-state index is -0.346. The minimum Gasteiger partial charge on any atom is -0.481 e. The van der Waals surface area contributed by atoms with Gasteiger partial charge >= 0.3 is 6.03 Å². The molecule has 1 atom stereocenters. The molecule has 3 amide bonds. The average Bonchev–Trinajstić information content (AvgIpc) is 3.71. The molecule has 14 heteroatoms. The van der Waals surface area contributed by atoms with Gasteiger partial charge in [0.2, 0.25) is 5.88 Å². The molecule has 7 rings (SSSR count). The third-order valence-corrected chi connectivity index (χ3v) is 9.70. The van der Waals surface area contributed by atoms with Gasteiger partial charge in [0.25, 0.3) is 5.91 Å². The SMILES string of the molecule is COc1nc(-c2cccc(-c3cccc(NC(=O)C4=CN(C)C(=O)N(C)C4)c3Cl)c2Cl)cc2c1C(N1CC(c3nn[nH]n3)C1)CC2. The topological polar surface area (TPSA) is 132 Å². The Balaban J connectivity index is 1.15. The number of aromatic nitrogens is 5.